The summed E-state index contributed by atoms with van der Waals surface area (Å²) in [6.07, 6.45) is 5.51. The Kier molecular flexibility index (Phi) is 10.4. The fourth-order valence-electron chi connectivity index (χ4n) is 3.29. The molecule has 4 nitrogen and oxygen atoms in total. The summed E-state index contributed by atoms with van der Waals surface area (Å²) in [4.78, 5) is 10.5. The van der Waals surface area contributed by atoms with Gasteiger partial charge in [0, 0.05) is 21.1 Å². The first kappa shape index (κ1) is 26.1. The van der Waals surface area contributed by atoms with Crippen LogP contribution in [-0.4, -0.2) is 19.0 Å². The standard InChI is InChI=1S/C17H24ClNO.C9H9ClO2/c1-4-6-16(19-15-9-7-14(18)8-10-15)20-12-17(5-2)11-13(17)3;1-7(11)6-12-9-4-2-8(10)3-5-9/h6-10,13,19H,4-5,11-12H2,1-3H3;2-5H,6H2,1H3/b16-6+;/t13-,17?;/m0./s1. The Labute approximate surface area is 201 Å². The molecule has 1 aliphatic rings. The Hall–Kier alpha value is -2.17. The largest absolute Gasteiger partial charge is 0.486 e. The molecule has 1 unspecified atom stereocenters. The van der Waals surface area contributed by atoms with Crippen molar-refractivity contribution in [3.05, 3.63) is 70.5 Å². The van der Waals surface area contributed by atoms with Gasteiger partial charge in [-0.05, 0) is 86.7 Å². The van der Waals surface area contributed by atoms with E-state index in [4.69, 9.17) is 32.7 Å². The highest BCUT2D eigenvalue weighted by Crippen LogP contribution is 2.55. The third-order valence-corrected chi connectivity index (χ3v) is 6.08. The van der Waals surface area contributed by atoms with E-state index in [1.165, 1.54) is 19.8 Å². The molecule has 0 aliphatic heterocycles. The van der Waals surface area contributed by atoms with Gasteiger partial charge in [0.1, 0.15) is 12.4 Å². The fourth-order valence-corrected chi connectivity index (χ4v) is 3.54. The number of hydrogen-bond donors (Lipinski definition) is 1. The van der Waals surface area contributed by atoms with Gasteiger partial charge in [0.25, 0.3) is 0 Å². The van der Waals surface area contributed by atoms with Crippen LogP contribution < -0.4 is 10.1 Å². The lowest BCUT2D eigenvalue weighted by Gasteiger charge is -2.18. The summed E-state index contributed by atoms with van der Waals surface area (Å²) in [7, 11) is 0. The molecule has 0 radical (unpaired) electrons. The van der Waals surface area contributed by atoms with Gasteiger partial charge in [-0.15, -0.1) is 0 Å². The highest BCUT2D eigenvalue weighted by molar-refractivity contribution is 6.30. The Morgan fingerprint density at radius 3 is 2.12 bits per heavy atom. The van der Waals surface area contributed by atoms with Crippen molar-refractivity contribution in [1.29, 1.82) is 0 Å². The first-order valence-electron chi connectivity index (χ1n) is 11.0. The van der Waals surface area contributed by atoms with E-state index in [0.717, 1.165) is 35.5 Å². The van der Waals surface area contributed by atoms with Crippen LogP contribution in [0.2, 0.25) is 10.0 Å². The second-order valence-corrected chi connectivity index (χ2v) is 9.04. The first-order valence-corrected chi connectivity index (χ1v) is 11.8. The van der Waals surface area contributed by atoms with Crippen LogP contribution in [0, 0.1) is 11.3 Å². The maximum Gasteiger partial charge on any atom is 0.186 e. The summed E-state index contributed by atoms with van der Waals surface area (Å²) in [6, 6.07) is 14.6. The normalized spacial score (nSPS) is 19.4. The van der Waals surface area contributed by atoms with Crippen LogP contribution >= 0.6 is 23.2 Å². The number of Topliss-reactive ketones (excluding diaryl/α,β-unsaturated/α-hetero) is 1. The minimum atomic E-state index is 0.00458. The lowest BCUT2D eigenvalue weighted by atomic mass is 10.0. The molecule has 1 aliphatic carbocycles. The van der Waals surface area contributed by atoms with E-state index in [1.807, 2.05) is 24.3 Å². The van der Waals surface area contributed by atoms with Crippen molar-refractivity contribution in [1.82, 2.24) is 0 Å². The van der Waals surface area contributed by atoms with Gasteiger partial charge in [-0.3, -0.25) is 4.79 Å². The SMILES string of the molecule is CC(=O)COc1ccc(Cl)cc1.CC/C=C(\Nc1ccc(Cl)cc1)OCC1(CC)C[C@@H]1C. The molecular formula is C26H33Cl2NO3. The number of carbonyl (C=O) groups is 1. The summed E-state index contributed by atoms with van der Waals surface area (Å²) >= 11 is 11.6. The zero-order valence-electron chi connectivity index (χ0n) is 19.3. The minimum absolute atomic E-state index is 0.00458. The highest BCUT2D eigenvalue weighted by atomic mass is 35.5. The van der Waals surface area contributed by atoms with Crippen molar-refractivity contribution in [2.75, 3.05) is 18.5 Å². The van der Waals surface area contributed by atoms with Crippen molar-refractivity contribution in [3.8, 4) is 5.75 Å². The molecule has 2 aromatic carbocycles. The molecule has 1 fully saturated rings. The minimum Gasteiger partial charge on any atom is -0.486 e. The zero-order chi connectivity index (χ0) is 23.6. The average Bonchev–Trinajstić information content (AvgIpc) is 3.43. The lowest BCUT2D eigenvalue weighted by Crippen LogP contribution is -2.14. The molecule has 0 aromatic heterocycles. The smallest absolute Gasteiger partial charge is 0.186 e. The van der Waals surface area contributed by atoms with Crippen LogP contribution in [0.15, 0.2) is 60.5 Å². The molecule has 2 atom stereocenters. The molecular weight excluding hydrogens is 445 g/mol. The van der Waals surface area contributed by atoms with Gasteiger partial charge >= 0.3 is 0 Å². The van der Waals surface area contributed by atoms with E-state index in [1.54, 1.807) is 24.3 Å². The van der Waals surface area contributed by atoms with Crippen LogP contribution in [0.25, 0.3) is 0 Å². The van der Waals surface area contributed by atoms with E-state index in [2.05, 4.69) is 32.2 Å². The van der Waals surface area contributed by atoms with Gasteiger partial charge in [-0.25, -0.2) is 0 Å². The fraction of sp³-hybridized carbons (Fsp3) is 0.423. The van der Waals surface area contributed by atoms with E-state index in [9.17, 15) is 4.79 Å². The van der Waals surface area contributed by atoms with Gasteiger partial charge in [0.2, 0.25) is 0 Å². The second kappa shape index (κ2) is 12.8. The molecule has 0 bridgehead atoms. The molecule has 32 heavy (non-hydrogen) atoms. The van der Waals surface area contributed by atoms with Gasteiger partial charge < -0.3 is 14.8 Å². The molecule has 2 aromatic rings. The van der Waals surface area contributed by atoms with Crippen LogP contribution in [0.5, 0.6) is 5.75 Å². The molecule has 6 heteroatoms. The monoisotopic (exact) mass is 477 g/mol. The molecule has 0 saturated heterocycles. The van der Waals surface area contributed by atoms with Crippen LogP contribution in [0.4, 0.5) is 5.69 Å². The van der Waals surface area contributed by atoms with Gasteiger partial charge in [-0.2, -0.15) is 0 Å². The van der Waals surface area contributed by atoms with E-state index >= 15 is 0 Å². The zero-order valence-corrected chi connectivity index (χ0v) is 20.8. The molecule has 1 saturated carbocycles. The van der Waals surface area contributed by atoms with Gasteiger partial charge in [0.15, 0.2) is 11.7 Å². The Morgan fingerprint density at radius 1 is 1.09 bits per heavy atom. The summed E-state index contributed by atoms with van der Waals surface area (Å²) in [5.41, 5.74) is 1.40. The van der Waals surface area contributed by atoms with Crippen LogP contribution in [0.1, 0.15) is 47.0 Å². The Morgan fingerprint density at radius 2 is 1.66 bits per heavy atom. The van der Waals surface area contributed by atoms with Crippen molar-refractivity contribution in [2.45, 2.75) is 47.0 Å². The number of rotatable bonds is 10. The molecule has 174 valence electrons. The molecule has 0 amide bonds. The third kappa shape index (κ3) is 8.76. The summed E-state index contributed by atoms with van der Waals surface area (Å²) < 4.78 is 11.1. The Bertz CT molecular complexity index is 877. The number of allylic oxidation sites excluding steroid dienone is 1. The number of nitrogens with one attached hydrogen (secondary N) is 1. The number of halogens is 2. The summed E-state index contributed by atoms with van der Waals surface area (Å²) in [5, 5.41) is 4.73. The number of anilines is 1. The predicted molar refractivity (Wildman–Crippen MR) is 134 cm³/mol. The lowest BCUT2D eigenvalue weighted by molar-refractivity contribution is -0.118. The van der Waals surface area contributed by atoms with Gasteiger partial charge in [-0.1, -0.05) is 44.0 Å². The maximum absolute atomic E-state index is 10.5. The molecule has 0 heterocycles. The van der Waals surface area contributed by atoms with Gasteiger partial charge in [0.05, 0.1) is 6.61 Å². The van der Waals surface area contributed by atoms with E-state index in [0.29, 0.717) is 16.2 Å². The predicted octanol–water partition coefficient (Wildman–Crippen LogP) is 7.76. The topological polar surface area (TPSA) is 47.6 Å². The van der Waals surface area contributed by atoms with E-state index < -0.39 is 0 Å². The van der Waals surface area contributed by atoms with Crippen molar-refractivity contribution >= 4 is 34.7 Å². The number of carbonyl (C=O) groups excluding carboxylic acids is 1. The maximum atomic E-state index is 10.5. The van der Waals surface area contributed by atoms with Crippen molar-refractivity contribution in [2.24, 2.45) is 11.3 Å². The number of ether oxygens (including phenoxy) is 2. The summed E-state index contributed by atoms with van der Waals surface area (Å²) in [5.74, 6) is 2.30. The molecule has 1 N–H and O–H groups in total. The highest BCUT2D eigenvalue weighted by Gasteiger charge is 2.50. The first-order chi connectivity index (χ1) is 15.3. The third-order valence-electron chi connectivity index (χ3n) is 5.57. The van der Waals surface area contributed by atoms with E-state index in [-0.39, 0.29) is 12.4 Å². The number of hydrogen-bond acceptors (Lipinski definition) is 4. The number of ketones is 1. The van der Waals surface area contributed by atoms with Crippen LogP contribution in [-0.2, 0) is 9.53 Å². The average molecular weight is 478 g/mol. The molecule has 0 spiro atoms. The second-order valence-electron chi connectivity index (χ2n) is 8.16. The number of benzene rings is 2. The Balaban J connectivity index is 0.000000258. The van der Waals surface area contributed by atoms with Crippen molar-refractivity contribution < 1.29 is 14.3 Å². The summed E-state index contributed by atoms with van der Waals surface area (Å²) in [6.45, 7) is 9.07. The molecule has 3 rings (SSSR count). The van der Waals surface area contributed by atoms with Crippen molar-refractivity contribution in [3.63, 3.8) is 0 Å². The quantitative estimate of drug-likeness (QED) is 0.355. The van der Waals surface area contributed by atoms with Crippen LogP contribution in [0.3, 0.4) is 0 Å².